The topological polar surface area (TPSA) is 35.8 Å². The number of hydrogen-bond acceptors (Lipinski definition) is 2. The third-order valence-corrected chi connectivity index (χ3v) is 1.48. The maximum absolute atomic E-state index is 8.37. The molecule has 9 heavy (non-hydrogen) atoms. The molecule has 2 nitrogen and oxygen atoms in total. The fourth-order valence-corrected chi connectivity index (χ4v) is 0.826. The molecule has 46 valence electrons. The van der Waals surface area contributed by atoms with Gasteiger partial charge in [-0.1, -0.05) is 0 Å². The molecule has 1 N–H and O–H groups in total. The number of dihydropyridines is 1. The van der Waals surface area contributed by atoms with E-state index in [9.17, 15) is 0 Å². The Morgan fingerprint density at radius 1 is 1.78 bits per heavy atom. The van der Waals surface area contributed by atoms with E-state index >= 15 is 0 Å². The van der Waals surface area contributed by atoms with Crippen molar-refractivity contribution in [2.75, 3.05) is 0 Å². The number of nitriles is 1. The summed E-state index contributed by atoms with van der Waals surface area (Å²) in [4.78, 5) is 0. The normalized spacial score (nSPS) is 24.0. The fourth-order valence-electron chi connectivity index (χ4n) is 0.542. The predicted octanol–water partition coefficient (Wildman–Crippen LogP) is 1.27. The van der Waals surface area contributed by atoms with Gasteiger partial charge in [-0.2, -0.15) is 5.26 Å². The zero-order chi connectivity index (χ0) is 6.69. The van der Waals surface area contributed by atoms with Crippen molar-refractivity contribution in [2.45, 2.75) is 6.04 Å². The Bertz CT molecular complexity index is 200. The summed E-state index contributed by atoms with van der Waals surface area (Å²) in [7, 11) is 0. The van der Waals surface area contributed by atoms with Gasteiger partial charge in [0.1, 0.15) is 6.04 Å². The van der Waals surface area contributed by atoms with Crippen LogP contribution in [0.25, 0.3) is 0 Å². The zero-order valence-electron chi connectivity index (χ0n) is 4.63. The van der Waals surface area contributed by atoms with Gasteiger partial charge in [0.2, 0.25) is 0 Å². The van der Waals surface area contributed by atoms with Gasteiger partial charge in [0.25, 0.3) is 0 Å². The molecule has 0 saturated carbocycles. The maximum atomic E-state index is 8.37. The molecule has 0 aromatic carbocycles. The van der Waals surface area contributed by atoms with Crippen LogP contribution in [0.15, 0.2) is 22.8 Å². The highest BCUT2D eigenvalue weighted by Crippen LogP contribution is 2.09. The van der Waals surface area contributed by atoms with E-state index in [1.807, 2.05) is 6.08 Å². The number of halogens is 1. The Balaban J connectivity index is 2.61. The lowest BCUT2D eigenvalue weighted by molar-refractivity contribution is 0.839. The first-order valence-corrected chi connectivity index (χ1v) is 3.32. The summed E-state index contributed by atoms with van der Waals surface area (Å²) in [6.07, 6.45) is 5.41. The van der Waals surface area contributed by atoms with E-state index in [4.69, 9.17) is 5.26 Å². The summed E-state index contributed by atoms with van der Waals surface area (Å²) in [5, 5.41) is 11.2. The Morgan fingerprint density at radius 3 is 3.00 bits per heavy atom. The second kappa shape index (κ2) is 2.70. The molecule has 0 aromatic heterocycles. The van der Waals surface area contributed by atoms with Crippen molar-refractivity contribution in [3.05, 3.63) is 22.8 Å². The Kier molecular flexibility index (Phi) is 1.91. The van der Waals surface area contributed by atoms with Crippen LogP contribution in [0.5, 0.6) is 0 Å². The summed E-state index contributed by atoms with van der Waals surface area (Å²) < 4.78 is 0.967. The van der Waals surface area contributed by atoms with Crippen molar-refractivity contribution >= 4 is 15.9 Å². The molecule has 1 aliphatic rings. The molecule has 0 fully saturated rings. The van der Waals surface area contributed by atoms with Gasteiger partial charge in [-0.15, -0.1) is 0 Å². The smallest absolute Gasteiger partial charge is 0.133 e. The molecular weight excluding hydrogens is 180 g/mol. The van der Waals surface area contributed by atoms with E-state index in [2.05, 4.69) is 27.3 Å². The van der Waals surface area contributed by atoms with Gasteiger partial charge < -0.3 is 5.32 Å². The summed E-state index contributed by atoms with van der Waals surface area (Å²) in [6.45, 7) is 0. The largest absolute Gasteiger partial charge is 0.372 e. The number of hydrogen-bond donors (Lipinski definition) is 1. The molecule has 0 radical (unpaired) electrons. The molecule has 3 heteroatoms. The highest BCUT2D eigenvalue weighted by atomic mass is 79.9. The first-order chi connectivity index (χ1) is 4.33. The molecule has 1 rings (SSSR count). The SMILES string of the molecule is N#CC1C=CC(Br)=CN1. The van der Waals surface area contributed by atoms with Crippen molar-refractivity contribution < 1.29 is 0 Å². The summed E-state index contributed by atoms with van der Waals surface area (Å²) in [5.41, 5.74) is 0. The van der Waals surface area contributed by atoms with E-state index in [-0.39, 0.29) is 6.04 Å². The minimum atomic E-state index is -0.161. The molecule has 0 saturated heterocycles. The summed E-state index contributed by atoms with van der Waals surface area (Å²) >= 11 is 3.25. The molecule has 1 atom stereocenters. The van der Waals surface area contributed by atoms with Gasteiger partial charge >= 0.3 is 0 Å². The minimum Gasteiger partial charge on any atom is -0.372 e. The van der Waals surface area contributed by atoms with Crippen molar-refractivity contribution in [3.8, 4) is 6.07 Å². The molecule has 0 bridgehead atoms. The summed E-state index contributed by atoms with van der Waals surface area (Å²) in [6, 6.07) is 1.90. The Morgan fingerprint density at radius 2 is 2.56 bits per heavy atom. The average Bonchev–Trinajstić information content (AvgIpc) is 1.90. The van der Waals surface area contributed by atoms with E-state index in [0.717, 1.165) is 4.48 Å². The van der Waals surface area contributed by atoms with Gasteiger partial charge in [0.05, 0.1) is 6.07 Å². The molecule has 0 aromatic rings. The third-order valence-electron chi connectivity index (χ3n) is 0.988. The first kappa shape index (κ1) is 6.37. The number of rotatable bonds is 0. The number of allylic oxidation sites excluding steroid dienone is 2. The van der Waals surface area contributed by atoms with Gasteiger partial charge in [0, 0.05) is 10.7 Å². The highest BCUT2D eigenvalue weighted by Gasteiger charge is 2.01. The van der Waals surface area contributed by atoms with Crippen LogP contribution in [-0.2, 0) is 0 Å². The van der Waals surface area contributed by atoms with Crippen molar-refractivity contribution in [2.24, 2.45) is 0 Å². The Hall–Kier alpha value is -0.750. The lowest BCUT2D eigenvalue weighted by Gasteiger charge is -2.07. The van der Waals surface area contributed by atoms with Crippen molar-refractivity contribution in [1.82, 2.24) is 5.32 Å². The number of nitrogens with zero attached hydrogens (tertiary/aromatic N) is 1. The highest BCUT2D eigenvalue weighted by molar-refractivity contribution is 9.11. The second-order valence-electron chi connectivity index (χ2n) is 1.66. The van der Waals surface area contributed by atoms with Gasteiger partial charge in [-0.25, -0.2) is 0 Å². The van der Waals surface area contributed by atoms with Crippen molar-refractivity contribution in [1.29, 1.82) is 5.26 Å². The van der Waals surface area contributed by atoms with Crippen LogP contribution < -0.4 is 5.32 Å². The average molecular weight is 185 g/mol. The fraction of sp³-hybridized carbons (Fsp3) is 0.167. The molecule has 0 spiro atoms. The van der Waals surface area contributed by atoms with Crippen LogP contribution in [0.2, 0.25) is 0 Å². The molecule has 1 aliphatic heterocycles. The summed E-state index contributed by atoms with van der Waals surface area (Å²) in [5.74, 6) is 0. The van der Waals surface area contributed by atoms with E-state index in [0.29, 0.717) is 0 Å². The van der Waals surface area contributed by atoms with E-state index in [1.54, 1.807) is 12.3 Å². The number of nitrogens with one attached hydrogen (secondary N) is 1. The van der Waals surface area contributed by atoms with Crippen molar-refractivity contribution in [3.63, 3.8) is 0 Å². The van der Waals surface area contributed by atoms with Crippen LogP contribution in [-0.4, -0.2) is 6.04 Å². The van der Waals surface area contributed by atoms with Crippen LogP contribution in [0, 0.1) is 11.3 Å². The van der Waals surface area contributed by atoms with Crippen LogP contribution in [0.4, 0.5) is 0 Å². The monoisotopic (exact) mass is 184 g/mol. The predicted molar refractivity (Wildman–Crippen MR) is 38.7 cm³/mol. The van der Waals surface area contributed by atoms with Crippen LogP contribution in [0.3, 0.4) is 0 Å². The molecule has 1 unspecified atom stereocenters. The van der Waals surface area contributed by atoms with Gasteiger partial charge in [0.15, 0.2) is 0 Å². The molecule has 0 aliphatic carbocycles. The third kappa shape index (κ3) is 1.58. The zero-order valence-corrected chi connectivity index (χ0v) is 6.22. The van der Waals surface area contributed by atoms with Gasteiger partial charge in [-0.05, 0) is 28.1 Å². The molecular formula is C6H5BrN2. The minimum absolute atomic E-state index is 0.161. The lowest BCUT2D eigenvalue weighted by atomic mass is 10.2. The van der Waals surface area contributed by atoms with E-state index in [1.165, 1.54) is 0 Å². The van der Waals surface area contributed by atoms with Gasteiger partial charge in [-0.3, -0.25) is 0 Å². The van der Waals surface area contributed by atoms with E-state index < -0.39 is 0 Å². The quantitative estimate of drug-likeness (QED) is 0.616. The standard InChI is InChI=1S/C6H5BrN2/c7-5-1-2-6(3-8)9-4-5/h1-2,4,6,9H. The maximum Gasteiger partial charge on any atom is 0.133 e. The Labute approximate surface area is 62.0 Å². The second-order valence-corrected chi connectivity index (χ2v) is 2.58. The van der Waals surface area contributed by atoms with Crippen LogP contribution >= 0.6 is 15.9 Å². The lowest BCUT2D eigenvalue weighted by Crippen LogP contribution is -2.21. The van der Waals surface area contributed by atoms with Crippen LogP contribution in [0.1, 0.15) is 0 Å². The molecule has 1 heterocycles. The first-order valence-electron chi connectivity index (χ1n) is 2.52. The molecule has 0 amide bonds.